The van der Waals surface area contributed by atoms with Crippen LogP contribution in [0.5, 0.6) is 5.75 Å². The zero-order chi connectivity index (χ0) is 14.7. The number of hydrogen-bond acceptors (Lipinski definition) is 3. The molecule has 3 rings (SSSR count). The van der Waals surface area contributed by atoms with Crippen LogP contribution in [0.25, 0.3) is 11.3 Å². The average Bonchev–Trinajstić information content (AvgIpc) is 2.89. The first-order valence-corrected chi connectivity index (χ1v) is 6.78. The summed E-state index contributed by atoms with van der Waals surface area (Å²) in [5.41, 5.74) is 9.01. The molecule has 0 aliphatic rings. The molecule has 3 aromatic rings. The van der Waals surface area contributed by atoms with Crippen LogP contribution < -0.4 is 10.5 Å². The first-order chi connectivity index (χ1) is 10.3. The van der Waals surface area contributed by atoms with Crippen LogP contribution in [-0.4, -0.2) is 16.9 Å². The molecule has 0 saturated carbocycles. The Morgan fingerprint density at radius 2 is 1.76 bits per heavy atom. The molecule has 0 aliphatic heterocycles. The Balaban J connectivity index is 1.94. The molecule has 0 amide bonds. The predicted molar refractivity (Wildman–Crippen MR) is 84.2 cm³/mol. The highest BCUT2D eigenvalue weighted by molar-refractivity contribution is 5.69. The lowest BCUT2D eigenvalue weighted by molar-refractivity contribution is 0.416. The Morgan fingerprint density at radius 3 is 2.52 bits per heavy atom. The third-order valence-corrected chi connectivity index (χ3v) is 3.37. The molecule has 0 aliphatic carbocycles. The summed E-state index contributed by atoms with van der Waals surface area (Å²) >= 11 is 0. The van der Waals surface area contributed by atoms with E-state index < -0.39 is 0 Å². The van der Waals surface area contributed by atoms with Gasteiger partial charge in [-0.2, -0.15) is 5.10 Å². The molecule has 1 heterocycles. The summed E-state index contributed by atoms with van der Waals surface area (Å²) in [5, 5.41) is 4.60. The molecule has 0 radical (unpaired) electrons. The normalized spacial score (nSPS) is 10.5. The minimum atomic E-state index is 0.639. The number of rotatable bonds is 4. The Labute approximate surface area is 123 Å². The Kier molecular flexibility index (Phi) is 3.60. The van der Waals surface area contributed by atoms with Gasteiger partial charge in [-0.05, 0) is 17.7 Å². The van der Waals surface area contributed by atoms with E-state index in [1.807, 2.05) is 48.5 Å². The fourth-order valence-electron chi connectivity index (χ4n) is 2.30. The van der Waals surface area contributed by atoms with E-state index in [0.29, 0.717) is 12.4 Å². The highest BCUT2D eigenvalue weighted by Crippen LogP contribution is 2.29. The van der Waals surface area contributed by atoms with Crippen molar-refractivity contribution in [3.8, 4) is 17.0 Å². The summed E-state index contributed by atoms with van der Waals surface area (Å²) in [5.74, 6) is 1.43. The van der Waals surface area contributed by atoms with E-state index in [1.54, 1.807) is 11.8 Å². The standard InChI is InChI=1S/C17H17N3O/c1-21-16-10-6-5-9-14(16)15-11-17(18)20(19-15)12-13-7-3-2-4-8-13/h2-11H,12,18H2,1H3. The Hall–Kier alpha value is -2.75. The second kappa shape index (κ2) is 5.71. The second-order valence-electron chi connectivity index (χ2n) is 4.80. The van der Waals surface area contributed by atoms with Crippen molar-refractivity contribution in [1.29, 1.82) is 0 Å². The first kappa shape index (κ1) is 13.2. The van der Waals surface area contributed by atoms with Gasteiger partial charge in [-0.25, -0.2) is 4.68 Å². The molecule has 0 spiro atoms. The molecular formula is C17H17N3O. The number of para-hydroxylation sites is 1. The molecule has 1 aromatic heterocycles. The van der Waals surface area contributed by atoms with Crippen LogP contribution in [0.4, 0.5) is 5.82 Å². The summed E-state index contributed by atoms with van der Waals surface area (Å²) in [6.07, 6.45) is 0. The molecule has 0 atom stereocenters. The highest BCUT2D eigenvalue weighted by atomic mass is 16.5. The predicted octanol–water partition coefficient (Wildman–Crippen LogP) is 3.19. The number of aromatic nitrogens is 2. The van der Waals surface area contributed by atoms with E-state index in [-0.39, 0.29) is 0 Å². The molecule has 2 N–H and O–H groups in total. The van der Waals surface area contributed by atoms with E-state index in [2.05, 4.69) is 17.2 Å². The van der Waals surface area contributed by atoms with Gasteiger partial charge < -0.3 is 10.5 Å². The lowest BCUT2D eigenvalue weighted by atomic mass is 10.1. The van der Waals surface area contributed by atoms with Gasteiger partial charge in [0.05, 0.1) is 19.3 Å². The monoisotopic (exact) mass is 279 g/mol. The Bertz CT molecular complexity index is 735. The van der Waals surface area contributed by atoms with Gasteiger partial charge in [-0.1, -0.05) is 42.5 Å². The number of anilines is 1. The summed E-state index contributed by atoms with van der Waals surface area (Å²) in [7, 11) is 1.66. The Morgan fingerprint density at radius 1 is 1.05 bits per heavy atom. The zero-order valence-electron chi connectivity index (χ0n) is 11.9. The summed E-state index contributed by atoms with van der Waals surface area (Å²) in [6, 6.07) is 19.8. The topological polar surface area (TPSA) is 53.1 Å². The van der Waals surface area contributed by atoms with Crippen molar-refractivity contribution in [2.24, 2.45) is 0 Å². The number of nitrogens with zero attached hydrogens (tertiary/aromatic N) is 2. The molecule has 2 aromatic carbocycles. The molecule has 0 fully saturated rings. The third-order valence-electron chi connectivity index (χ3n) is 3.37. The molecule has 0 bridgehead atoms. The number of nitrogens with two attached hydrogens (primary N) is 1. The van der Waals surface area contributed by atoms with E-state index in [0.717, 1.165) is 17.0 Å². The SMILES string of the molecule is COc1ccccc1-c1cc(N)n(Cc2ccccc2)n1. The quantitative estimate of drug-likeness (QED) is 0.798. The highest BCUT2D eigenvalue weighted by Gasteiger charge is 2.11. The maximum absolute atomic E-state index is 6.08. The van der Waals surface area contributed by atoms with Crippen LogP contribution in [0.1, 0.15) is 5.56 Å². The zero-order valence-corrected chi connectivity index (χ0v) is 11.9. The van der Waals surface area contributed by atoms with E-state index in [1.165, 1.54) is 5.56 Å². The summed E-state index contributed by atoms with van der Waals surface area (Å²) < 4.78 is 7.18. The fraction of sp³-hybridized carbons (Fsp3) is 0.118. The van der Waals surface area contributed by atoms with E-state index in [9.17, 15) is 0 Å². The van der Waals surface area contributed by atoms with Gasteiger partial charge in [0, 0.05) is 11.6 Å². The van der Waals surface area contributed by atoms with Crippen molar-refractivity contribution in [2.45, 2.75) is 6.54 Å². The fourth-order valence-corrected chi connectivity index (χ4v) is 2.30. The van der Waals surface area contributed by atoms with Crippen LogP contribution in [0.3, 0.4) is 0 Å². The number of ether oxygens (including phenoxy) is 1. The smallest absolute Gasteiger partial charge is 0.128 e. The third kappa shape index (κ3) is 2.74. The van der Waals surface area contributed by atoms with Gasteiger partial charge in [-0.3, -0.25) is 0 Å². The van der Waals surface area contributed by atoms with Crippen LogP contribution in [0.2, 0.25) is 0 Å². The minimum absolute atomic E-state index is 0.639. The molecule has 0 unspecified atom stereocenters. The van der Waals surface area contributed by atoms with Gasteiger partial charge in [0.1, 0.15) is 11.6 Å². The summed E-state index contributed by atoms with van der Waals surface area (Å²) in [4.78, 5) is 0. The van der Waals surface area contributed by atoms with Crippen molar-refractivity contribution in [3.63, 3.8) is 0 Å². The van der Waals surface area contributed by atoms with Crippen LogP contribution >= 0.6 is 0 Å². The molecule has 4 heteroatoms. The largest absolute Gasteiger partial charge is 0.496 e. The van der Waals surface area contributed by atoms with Crippen LogP contribution in [0, 0.1) is 0 Å². The van der Waals surface area contributed by atoms with Crippen LogP contribution in [0.15, 0.2) is 60.7 Å². The minimum Gasteiger partial charge on any atom is -0.496 e. The average molecular weight is 279 g/mol. The maximum atomic E-state index is 6.08. The van der Waals surface area contributed by atoms with E-state index in [4.69, 9.17) is 10.5 Å². The molecular weight excluding hydrogens is 262 g/mol. The lowest BCUT2D eigenvalue weighted by Gasteiger charge is -2.05. The second-order valence-corrected chi connectivity index (χ2v) is 4.80. The molecule has 0 saturated heterocycles. The van der Waals surface area contributed by atoms with Gasteiger partial charge >= 0.3 is 0 Å². The van der Waals surface area contributed by atoms with Gasteiger partial charge in [0.25, 0.3) is 0 Å². The molecule has 21 heavy (non-hydrogen) atoms. The van der Waals surface area contributed by atoms with Crippen molar-refractivity contribution in [1.82, 2.24) is 9.78 Å². The number of benzene rings is 2. The molecule has 106 valence electrons. The van der Waals surface area contributed by atoms with Crippen LogP contribution in [-0.2, 0) is 6.54 Å². The van der Waals surface area contributed by atoms with E-state index >= 15 is 0 Å². The van der Waals surface area contributed by atoms with Gasteiger partial charge in [0.2, 0.25) is 0 Å². The number of methoxy groups -OCH3 is 1. The maximum Gasteiger partial charge on any atom is 0.128 e. The lowest BCUT2D eigenvalue weighted by Crippen LogP contribution is -2.05. The van der Waals surface area contributed by atoms with Crippen molar-refractivity contribution in [2.75, 3.05) is 12.8 Å². The van der Waals surface area contributed by atoms with Crippen molar-refractivity contribution in [3.05, 3.63) is 66.2 Å². The number of hydrogen-bond donors (Lipinski definition) is 1. The van der Waals surface area contributed by atoms with Gasteiger partial charge in [-0.15, -0.1) is 0 Å². The molecule has 4 nitrogen and oxygen atoms in total. The van der Waals surface area contributed by atoms with Gasteiger partial charge in [0.15, 0.2) is 0 Å². The summed E-state index contributed by atoms with van der Waals surface area (Å²) in [6.45, 7) is 0.655. The first-order valence-electron chi connectivity index (χ1n) is 6.78. The number of nitrogen functional groups attached to an aromatic ring is 1. The van der Waals surface area contributed by atoms with Crippen molar-refractivity contribution < 1.29 is 4.74 Å². The van der Waals surface area contributed by atoms with Crippen molar-refractivity contribution >= 4 is 5.82 Å².